The van der Waals surface area contributed by atoms with Crippen LogP contribution in [0.3, 0.4) is 0 Å². The second kappa shape index (κ2) is 4.79. The average molecular weight is 205 g/mol. The van der Waals surface area contributed by atoms with Gasteiger partial charge < -0.3 is 21.0 Å². The van der Waals surface area contributed by atoms with Gasteiger partial charge in [-0.05, 0) is 19.1 Å². The van der Waals surface area contributed by atoms with Crippen molar-refractivity contribution in [3.8, 4) is 0 Å². The molecule has 5 N–H and O–H groups in total. The molecule has 0 saturated heterocycles. The number of hydrogen-bond acceptors (Lipinski definition) is 4. The average Bonchev–Trinajstić information content (AvgIpc) is 2.58. The second-order valence-electron chi connectivity index (χ2n) is 2.31. The van der Waals surface area contributed by atoms with Gasteiger partial charge in [-0.15, -0.1) is 12.4 Å². The van der Waals surface area contributed by atoms with Crippen LogP contribution < -0.4 is 11.5 Å². The van der Waals surface area contributed by atoms with E-state index in [2.05, 4.69) is 0 Å². The third-order valence-electron chi connectivity index (χ3n) is 1.43. The Morgan fingerprint density at radius 1 is 1.23 bits per heavy atom. The molecule has 0 aliphatic heterocycles. The monoisotopic (exact) mass is 204 g/mol. The number of aliphatic hydroxyl groups is 1. The predicted molar refractivity (Wildman–Crippen MR) is 56.2 cm³/mol. The Morgan fingerprint density at radius 2 is 1.54 bits per heavy atom. The van der Waals surface area contributed by atoms with Crippen molar-refractivity contribution in [3.05, 3.63) is 12.1 Å². The van der Waals surface area contributed by atoms with Gasteiger partial charge in [-0.1, -0.05) is 0 Å². The van der Waals surface area contributed by atoms with Crippen molar-refractivity contribution in [1.29, 1.82) is 0 Å². The van der Waals surface area contributed by atoms with Crippen molar-refractivity contribution in [2.24, 2.45) is 0 Å². The maximum atomic E-state index is 7.57. The van der Waals surface area contributed by atoms with E-state index in [1.807, 2.05) is 0 Å². The molecule has 2 heterocycles. The maximum absolute atomic E-state index is 7.57. The number of fused-ring (bicyclic) bond motifs is 2. The Bertz CT molecular complexity index is 317. The van der Waals surface area contributed by atoms with Crippen LogP contribution in [0.5, 0.6) is 0 Å². The van der Waals surface area contributed by atoms with Crippen LogP contribution in [0.15, 0.2) is 16.5 Å². The van der Waals surface area contributed by atoms with Gasteiger partial charge in [0, 0.05) is 6.61 Å². The predicted octanol–water partition coefficient (Wildman–Crippen LogP) is 1.46. The van der Waals surface area contributed by atoms with Gasteiger partial charge in [0.05, 0.1) is 0 Å². The van der Waals surface area contributed by atoms with Crippen LogP contribution in [-0.2, 0) is 0 Å². The zero-order valence-electron chi connectivity index (χ0n) is 7.28. The standard InChI is InChI=1S/C6H6N2O.C2H6O.ClH/c7-5-3-1-2-4(9-3)6(5)8;1-2-3;/h1-2H,7-8H2;3H,2H2,1H3;1H. The molecule has 74 valence electrons. The molecule has 0 aliphatic carbocycles. The van der Waals surface area contributed by atoms with E-state index in [4.69, 9.17) is 21.0 Å². The zero-order valence-corrected chi connectivity index (χ0v) is 8.10. The number of nitrogens with two attached hydrogens (primary N) is 2. The topological polar surface area (TPSA) is 85.4 Å². The smallest absolute Gasteiger partial charge is 0.152 e. The fraction of sp³-hybridized carbons (Fsp3) is 0.250. The quantitative estimate of drug-likeness (QED) is 0.567. The van der Waals surface area contributed by atoms with Crippen molar-refractivity contribution < 1.29 is 9.52 Å². The number of nitrogen functional groups attached to an aromatic ring is 2. The molecule has 0 amide bonds. The molecule has 0 saturated carbocycles. The second-order valence-corrected chi connectivity index (χ2v) is 2.31. The first kappa shape index (κ1) is 11.9. The summed E-state index contributed by atoms with van der Waals surface area (Å²) in [4.78, 5) is 0. The van der Waals surface area contributed by atoms with E-state index in [0.29, 0.717) is 22.5 Å². The Labute approximate surface area is 82.2 Å². The molecule has 0 aliphatic rings. The van der Waals surface area contributed by atoms with Gasteiger partial charge in [-0.25, -0.2) is 0 Å². The highest BCUT2D eigenvalue weighted by molar-refractivity contribution is 5.93. The molecule has 2 aromatic heterocycles. The van der Waals surface area contributed by atoms with Gasteiger partial charge in [-0.3, -0.25) is 0 Å². The lowest BCUT2D eigenvalue weighted by molar-refractivity contribution is 0.318. The van der Waals surface area contributed by atoms with Crippen molar-refractivity contribution in [2.45, 2.75) is 6.92 Å². The summed E-state index contributed by atoms with van der Waals surface area (Å²) >= 11 is 0. The van der Waals surface area contributed by atoms with Gasteiger partial charge in [-0.2, -0.15) is 0 Å². The van der Waals surface area contributed by atoms with E-state index < -0.39 is 0 Å². The normalized spacial score (nSPS) is 9.08. The number of benzene rings is 1. The lowest BCUT2D eigenvalue weighted by atomic mass is 10.3. The van der Waals surface area contributed by atoms with Gasteiger partial charge in [0.2, 0.25) is 0 Å². The molecule has 4 nitrogen and oxygen atoms in total. The van der Waals surface area contributed by atoms with Crippen molar-refractivity contribution in [1.82, 2.24) is 0 Å². The maximum Gasteiger partial charge on any atom is 0.152 e. The molecule has 0 spiro atoms. The molecular weight excluding hydrogens is 192 g/mol. The third kappa shape index (κ3) is 2.17. The fourth-order valence-corrected chi connectivity index (χ4v) is 0.893. The molecule has 0 radical (unpaired) electrons. The summed E-state index contributed by atoms with van der Waals surface area (Å²) in [6.45, 7) is 1.93. The Morgan fingerprint density at radius 3 is 1.69 bits per heavy atom. The number of furan rings is 2. The summed E-state index contributed by atoms with van der Waals surface area (Å²) in [6.07, 6.45) is 0. The van der Waals surface area contributed by atoms with Crippen LogP contribution in [0, 0.1) is 0 Å². The van der Waals surface area contributed by atoms with Crippen LogP contribution in [0.2, 0.25) is 0 Å². The molecule has 5 heteroatoms. The first-order valence-corrected chi connectivity index (χ1v) is 3.67. The summed E-state index contributed by atoms with van der Waals surface area (Å²) in [5.74, 6) is 0. The van der Waals surface area contributed by atoms with Crippen LogP contribution >= 0.6 is 12.4 Å². The molecule has 13 heavy (non-hydrogen) atoms. The zero-order chi connectivity index (χ0) is 9.14. The van der Waals surface area contributed by atoms with Crippen molar-refractivity contribution in [3.63, 3.8) is 0 Å². The molecule has 0 atom stereocenters. The van der Waals surface area contributed by atoms with E-state index in [0.717, 1.165) is 0 Å². The molecule has 0 aromatic carbocycles. The van der Waals surface area contributed by atoms with E-state index in [1.165, 1.54) is 0 Å². The number of anilines is 2. The summed E-state index contributed by atoms with van der Waals surface area (Å²) in [5, 5.41) is 7.57. The molecule has 0 fully saturated rings. The van der Waals surface area contributed by atoms with Crippen LogP contribution in [-0.4, -0.2) is 11.7 Å². The van der Waals surface area contributed by atoms with Gasteiger partial charge in [0.1, 0.15) is 11.4 Å². The Balaban J connectivity index is 0.000000324. The van der Waals surface area contributed by atoms with Gasteiger partial charge in [0.25, 0.3) is 0 Å². The number of aliphatic hydroxyl groups excluding tert-OH is 1. The molecule has 0 unspecified atom stereocenters. The minimum atomic E-state index is 0. The molecule has 2 rings (SSSR count). The summed E-state index contributed by atoms with van der Waals surface area (Å²) in [7, 11) is 0. The number of hydrogen-bond donors (Lipinski definition) is 3. The number of rotatable bonds is 0. The Hall–Kier alpha value is -1.13. The van der Waals surface area contributed by atoms with E-state index >= 15 is 0 Å². The van der Waals surface area contributed by atoms with Crippen LogP contribution in [0.25, 0.3) is 11.2 Å². The fourth-order valence-electron chi connectivity index (χ4n) is 0.893. The molecule has 2 aromatic rings. The minimum Gasteiger partial charge on any atom is -0.453 e. The highest BCUT2D eigenvalue weighted by Gasteiger charge is 2.09. The van der Waals surface area contributed by atoms with Gasteiger partial charge in [0.15, 0.2) is 11.2 Å². The summed E-state index contributed by atoms with van der Waals surface area (Å²) in [6, 6.07) is 3.61. The van der Waals surface area contributed by atoms with Gasteiger partial charge >= 0.3 is 0 Å². The first-order valence-electron chi connectivity index (χ1n) is 3.67. The first-order chi connectivity index (χ1) is 5.70. The highest BCUT2D eigenvalue weighted by Crippen LogP contribution is 2.32. The van der Waals surface area contributed by atoms with E-state index in [1.54, 1.807) is 19.1 Å². The summed E-state index contributed by atoms with van der Waals surface area (Å²) < 4.78 is 5.09. The molecule has 2 bridgehead atoms. The lowest BCUT2D eigenvalue weighted by Crippen LogP contribution is -1.90. The van der Waals surface area contributed by atoms with E-state index in [-0.39, 0.29) is 19.0 Å². The van der Waals surface area contributed by atoms with Crippen LogP contribution in [0.4, 0.5) is 11.4 Å². The summed E-state index contributed by atoms with van der Waals surface area (Å²) in [5.41, 5.74) is 13.5. The minimum absolute atomic E-state index is 0. The van der Waals surface area contributed by atoms with E-state index in [9.17, 15) is 0 Å². The Kier molecular flexibility index (Phi) is 4.37. The highest BCUT2D eigenvalue weighted by atomic mass is 35.5. The van der Waals surface area contributed by atoms with Crippen molar-refractivity contribution >= 4 is 34.9 Å². The van der Waals surface area contributed by atoms with Crippen molar-refractivity contribution in [2.75, 3.05) is 18.1 Å². The lowest BCUT2D eigenvalue weighted by Gasteiger charge is -1.87. The molecular formula is C8H13ClN2O2. The van der Waals surface area contributed by atoms with Crippen LogP contribution in [0.1, 0.15) is 6.92 Å². The third-order valence-corrected chi connectivity index (χ3v) is 1.43. The largest absolute Gasteiger partial charge is 0.453 e. The number of halogens is 1. The SMILES string of the molecule is CCO.Cl.Nc1c(N)c2ccc1o2.